The summed E-state index contributed by atoms with van der Waals surface area (Å²) in [5.74, 6) is 0.610. The fourth-order valence-electron chi connectivity index (χ4n) is 4.02. The summed E-state index contributed by atoms with van der Waals surface area (Å²) in [6, 6.07) is 6.04. The molecule has 6 heteroatoms. The van der Waals surface area contributed by atoms with Gasteiger partial charge in [-0.3, -0.25) is 19.5 Å². The van der Waals surface area contributed by atoms with Crippen molar-refractivity contribution in [2.45, 2.75) is 44.4 Å². The number of likely N-dealkylation sites (tertiary alicyclic amines) is 1. The Hall–Kier alpha value is -1.50. The van der Waals surface area contributed by atoms with Crippen LogP contribution in [0.25, 0.3) is 0 Å². The number of fused-ring (bicyclic) bond motifs is 1. The number of carbonyl (C=O) groups excluding carboxylic acids is 1. The minimum atomic E-state index is 0.0510. The Balaban J connectivity index is 1.24. The second-order valence-electron chi connectivity index (χ2n) is 7.05. The summed E-state index contributed by atoms with van der Waals surface area (Å²) in [4.78, 5) is 24.5. The van der Waals surface area contributed by atoms with Crippen LogP contribution < -0.4 is 0 Å². The van der Waals surface area contributed by atoms with Gasteiger partial charge in [0.2, 0.25) is 5.91 Å². The van der Waals surface area contributed by atoms with Crippen LogP contribution >= 0.6 is 0 Å². The third-order valence-electron chi connectivity index (χ3n) is 5.18. The van der Waals surface area contributed by atoms with E-state index in [1.165, 1.54) is 5.06 Å². The third kappa shape index (κ3) is 3.61. The zero-order valence-corrected chi connectivity index (χ0v) is 14.0. The van der Waals surface area contributed by atoms with Gasteiger partial charge in [-0.15, -0.1) is 0 Å². The largest absolute Gasteiger partial charge is 0.373 e. The molecule has 24 heavy (non-hydrogen) atoms. The Kier molecular flexibility index (Phi) is 4.78. The lowest BCUT2D eigenvalue weighted by atomic mass is 10.0. The van der Waals surface area contributed by atoms with E-state index in [0.29, 0.717) is 18.9 Å². The third-order valence-corrected chi connectivity index (χ3v) is 5.18. The maximum atomic E-state index is 12.3. The molecule has 1 amide bonds. The fourth-order valence-corrected chi connectivity index (χ4v) is 4.02. The summed E-state index contributed by atoms with van der Waals surface area (Å²) in [5, 5.41) is 1.54. The van der Waals surface area contributed by atoms with E-state index in [9.17, 15) is 4.79 Å². The first-order chi connectivity index (χ1) is 11.8. The highest BCUT2D eigenvalue weighted by molar-refractivity contribution is 5.75. The molecule has 3 atom stereocenters. The van der Waals surface area contributed by atoms with Crippen molar-refractivity contribution in [3.8, 4) is 0 Å². The van der Waals surface area contributed by atoms with Crippen molar-refractivity contribution < 1.29 is 14.4 Å². The highest BCUT2D eigenvalue weighted by Crippen LogP contribution is 2.35. The predicted molar refractivity (Wildman–Crippen MR) is 87.8 cm³/mol. The van der Waals surface area contributed by atoms with Gasteiger partial charge in [-0.2, -0.15) is 0 Å². The van der Waals surface area contributed by atoms with Crippen LogP contribution in [0.15, 0.2) is 24.4 Å². The number of aromatic nitrogens is 1. The molecular weight excluding hydrogens is 306 g/mol. The summed E-state index contributed by atoms with van der Waals surface area (Å²) >= 11 is 0. The Labute approximate surface area is 142 Å². The highest BCUT2D eigenvalue weighted by Gasteiger charge is 2.42. The van der Waals surface area contributed by atoms with Crippen LogP contribution in [0, 0.1) is 5.92 Å². The maximum Gasteiger partial charge on any atom is 0.248 e. The monoisotopic (exact) mass is 331 g/mol. The van der Waals surface area contributed by atoms with Gasteiger partial charge in [0.15, 0.2) is 0 Å². The van der Waals surface area contributed by atoms with E-state index < -0.39 is 0 Å². The summed E-state index contributed by atoms with van der Waals surface area (Å²) in [6.07, 6.45) is 5.65. The summed E-state index contributed by atoms with van der Waals surface area (Å²) in [6.45, 7) is 4.22. The molecule has 0 radical (unpaired) electrons. The van der Waals surface area contributed by atoms with Crippen LogP contribution in [-0.4, -0.2) is 59.3 Å². The first kappa shape index (κ1) is 16.0. The average Bonchev–Trinajstić information content (AvgIpc) is 3.14. The molecule has 0 N–H and O–H groups in total. The lowest BCUT2D eigenvalue weighted by Gasteiger charge is -2.27. The van der Waals surface area contributed by atoms with Gasteiger partial charge in [0.1, 0.15) is 0 Å². The minimum Gasteiger partial charge on any atom is -0.373 e. The van der Waals surface area contributed by atoms with Crippen molar-refractivity contribution in [1.29, 1.82) is 0 Å². The minimum absolute atomic E-state index is 0.0510. The van der Waals surface area contributed by atoms with Gasteiger partial charge in [0.05, 0.1) is 30.9 Å². The molecule has 1 aromatic heterocycles. The molecule has 130 valence electrons. The zero-order valence-electron chi connectivity index (χ0n) is 14.0. The number of amides is 1. The molecule has 3 aliphatic rings. The van der Waals surface area contributed by atoms with Gasteiger partial charge in [-0.05, 0) is 31.4 Å². The van der Waals surface area contributed by atoms with Crippen molar-refractivity contribution >= 4 is 5.91 Å². The standard InChI is InChI=1S/C18H25N3O3/c22-18(21-7-3-4-8-23-21)10-16-9-14-11-20(13-17(14)24-16)12-15-5-1-2-6-19-15/h1-2,5-6,14,16-17H,3-4,7-13H2/t14-,16-,17+/m0/s1. The molecule has 3 aliphatic heterocycles. The van der Waals surface area contributed by atoms with Crippen molar-refractivity contribution in [3.63, 3.8) is 0 Å². The number of hydroxylamine groups is 2. The molecule has 0 unspecified atom stereocenters. The number of rotatable bonds is 4. The van der Waals surface area contributed by atoms with Gasteiger partial charge in [-0.25, -0.2) is 5.06 Å². The number of nitrogens with zero attached hydrogens (tertiary/aromatic N) is 3. The van der Waals surface area contributed by atoms with E-state index in [0.717, 1.165) is 51.1 Å². The average molecular weight is 331 g/mol. The van der Waals surface area contributed by atoms with E-state index in [2.05, 4.69) is 16.0 Å². The quantitative estimate of drug-likeness (QED) is 0.839. The van der Waals surface area contributed by atoms with Gasteiger partial charge >= 0.3 is 0 Å². The van der Waals surface area contributed by atoms with Crippen LogP contribution in [0.2, 0.25) is 0 Å². The molecule has 0 aromatic carbocycles. The molecule has 0 bridgehead atoms. The Bertz CT molecular complexity index is 548. The molecule has 0 spiro atoms. The van der Waals surface area contributed by atoms with E-state index in [1.54, 1.807) is 0 Å². The molecule has 6 nitrogen and oxygen atoms in total. The Morgan fingerprint density at radius 1 is 1.29 bits per heavy atom. The van der Waals surface area contributed by atoms with Crippen LogP contribution in [-0.2, 0) is 20.9 Å². The highest BCUT2D eigenvalue weighted by atomic mass is 16.7. The molecule has 4 heterocycles. The molecule has 1 aromatic rings. The van der Waals surface area contributed by atoms with Crippen molar-refractivity contribution in [2.24, 2.45) is 5.92 Å². The van der Waals surface area contributed by atoms with Gasteiger partial charge in [-0.1, -0.05) is 6.07 Å². The number of ether oxygens (including phenoxy) is 1. The van der Waals surface area contributed by atoms with Crippen molar-refractivity contribution in [3.05, 3.63) is 30.1 Å². The van der Waals surface area contributed by atoms with E-state index in [1.807, 2.05) is 18.3 Å². The first-order valence-electron chi connectivity index (χ1n) is 8.99. The van der Waals surface area contributed by atoms with Crippen LogP contribution in [0.1, 0.15) is 31.4 Å². The van der Waals surface area contributed by atoms with Crippen LogP contribution in [0.3, 0.4) is 0 Å². The second kappa shape index (κ2) is 7.17. The molecule has 4 rings (SSSR count). The second-order valence-corrected chi connectivity index (χ2v) is 7.05. The summed E-state index contributed by atoms with van der Waals surface area (Å²) < 4.78 is 6.15. The maximum absolute atomic E-state index is 12.3. The molecule has 0 saturated carbocycles. The normalized spacial score (nSPS) is 30.5. The summed E-state index contributed by atoms with van der Waals surface area (Å²) in [7, 11) is 0. The smallest absolute Gasteiger partial charge is 0.248 e. The summed E-state index contributed by atoms with van der Waals surface area (Å²) in [5.41, 5.74) is 1.10. The van der Waals surface area contributed by atoms with Crippen LogP contribution in [0.4, 0.5) is 0 Å². The SMILES string of the molecule is O=C(C[C@@H]1C[C@H]2CN(Cc3ccccn3)C[C@H]2O1)N1CCCCO1. The molecular formula is C18H25N3O3. The van der Waals surface area contributed by atoms with Gasteiger partial charge in [0, 0.05) is 38.3 Å². The number of hydrogen-bond donors (Lipinski definition) is 0. The van der Waals surface area contributed by atoms with E-state index in [-0.39, 0.29) is 18.1 Å². The van der Waals surface area contributed by atoms with Gasteiger partial charge < -0.3 is 4.74 Å². The predicted octanol–water partition coefficient (Wildman–Crippen LogP) is 1.61. The number of pyridine rings is 1. The van der Waals surface area contributed by atoms with E-state index in [4.69, 9.17) is 9.57 Å². The molecule has 3 fully saturated rings. The fraction of sp³-hybridized carbons (Fsp3) is 0.667. The molecule has 0 aliphatic carbocycles. The molecule has 3 saturated heterocycles. The zero-order chi connectivity index (χ0) is 16.4. The first-order valence-corrected chi connectivity index (χ1v) is 8.99. The van der Waals surface area contributed by atoms with Crippen molar-refractivity contribution in [2.75, 3.05) is 26.2 Å². The Morgan fingerprint density at radius 3 is 3.00 bits per heavy atom. The van der Waals surface area contributed by atoms with Crippen LogP contribution in [0.5, 0.6) is 0 Å². The number of hydrogen-bond acceptors (Lipinski definition) is 5. The van der Waals surface area contributed by atoms with Crippen molar-refractivity contribution in [1.82, 2.24) is 14.9 Å². The lowest BCUT2D eigenvalue weighted by Crippen LogP contribution is -2.37. The Morgan fingerprint density at radius 2 is 2.25 bits per heavy atom. The van der Waals surface area contributed by atoms with Gasteiger partial charge in [0.25, 0.3) is 0 Å². The lowest BCUT2D eigenvalue weighted by molar-refractivity contribution is -0.199. The number of carbonyl (C=O) groups is 1. The topological polar surface area (TPSA) is 54.9 Å². The van der Waals surface area contributed by atoms with E-state index >= 15 is 0 Å².